The van der Waals surface area contributed by atoms with Gasteiger partial charge < -0.3 is 34.1 Å². The Morgan fingerprint density at radius 1 is 0.959 bits per heavy atom. The molecule has 5 unspecified atom stereocenters. The molecule has 5 saturated carbocycles. The summed E-state index contributed by atoms with van der Waals surface area (Å²) in [6.45, 7) is 21.2. The lowest BCUT2D eigenvalue weighted by Gasteiger charge is -2.63. The summed E-state index contributed by atoms with van der Waals surface area (Å²) in [5, 5.41) is 21.7. The van der Waals surface area contributed by atoms with Gasteiger partial charge in [-0.05, 0) is 122 Å². The Balaban J connectivity index is 0.956. The first kappa shape index (κ1) is 35.2. The third-order valence-corrected chi connectivity index (χ3v) is 16.9. The van der Waals surface area contributed by atoms with E-state index in [-0.39, 0.29) is 46.8 Å². The summed E-state index contributed by atoms with van der Waals surface area (Å²) in [6.07, 6.45) is 9.45. The number of carbonyl (C=O) groups is 1. The van der Waals surface area contributed by atoms with Gasteiger partial charge in [0.2, 0.25) is 5.91 Å². The minimum atomic E-state index is -1.17. The summed E-state index contributed by atoms with van der Waals surface area (Å²) in [5.41, 5.74) is 0.128. The number of fused-ring (bicyclic) bond motifs is 4. The van der Waals surface area contributed by atoms with Gasteiger partial charge in [-0.3, -0.25) is 9.69 Å². The van der Waals surface area contributed by atoms with Crippen LogP contribution in [-0.4, -0.2) is 115 Å². The molecule has 2 N–H and O–H groups in total. The number of aliphatic hydroxyl groups is 2. The molecule has 0 aromatic rings. The van der Waals surface area contributed by atoms with Gasteiger partial charge >= 0.3 is 0 Å². The molecule has 8 rings (SSSR count). The summed E-state index contributed by atoms with van der Waals surface area (Å²) in [6, 6.07) is 0. The molecule has 3 heterocycles. The van der Waals surface area contributed by atoms with Crippen LogP contribution in [0.1, 0.15) is 106 Å². The van der Waals surface area contributed by atoms with Gasteiger partial charge in [0.05, 0.1) is 56.8 Å². The number of ether oxygens (including phenoxy) is 4. The molecule has 0 aromatic heterocycles. The highest BCUT2D eigenvalue weighted by molar-refractivity contribution is 5.78. The summed E-state index contributed by atoms with van der Waals surface area (Å²) in [7, 11) is 0. The zero-order chi connectivity index (χ0) is 34.8. The predicted octanol–water partition coefficient (Wildman–Crippen LogP) is 4.86. The van der Waals surface area contributed by atoms with Crippen LogP contribution in [0, 0.1) is 50.7 Å². The minimum Gasteiger partial charge on any atom is -0.388 e. The molecule has 0 bridgehead atoms. The van der Waals surface area contributed by atoms with Crippen molar-refractivity contribution in [1.29, 1.82) is 0 Å². The molecule has 1 amide bonds. The normalized spacial score (nSPS) is 49.9. The van der Waals surface area contributed by atoms with Crippen molar-refractivity contribution in [2.45, 2.75) is 143 Å². The summed E-state index contributed by atoms with van der Waals surface area (Å²) in [4.78, 5) is 17.4. The van der Waals surface area contributed by atoms with E-state index in [0.717, 1.165) is 32.4 Å². The third kappa shape index (κ3) is 5.20. The van der Waals surface area contributed by atoms with Gasteiger partial charge in [-0.2, -0.15) is 0 Å². The van der Waals surface area contributed by atoms with E-state index >= 15 is 0 Å². The lowest BCUT2D eigenvalue weighted by molar-refractivity contribution is -0.246. The van der Waals surface area contributed by atoms with Crippen LogP contribution >= 0.6 is 0 Å². The van der Waals surface area contributed by atoms with E-state index in [1.165, 1.54) is 38.5 Å². The maximum atomic E-state index is 13.2. The minimum absolute atomic E-state index is 0.0412. The molecule has 49 heavy (non-hydrogen) atoms. The second kappa shape index (κ2) is 11.8. The highest BCUT2D eigenvalue weighted by atomic mass is 16.7. The van der Waals surface area contributed by atoms with Crippen LogP contribution in [0.15, 0.2) is 0 Å². The van der Waals surface area contributed by atoms with Crippen molar-refractivity contribution in [1.82, 2.24) is 9.80 Å². The highest BCUT2D eigenvalue weighted by Gasteiger charge is 2.83. The monoisotopic (exact) mass is 686 g/mol. The number of aliphatic hydroxyl groups excluding tert-OH is 1. The fourth-order valence-corrected chi connectivity index (χ4v) is 14.4. The van der Waals surface area contributed by atoms with E-state index in [1.807, 2.05) is 4.90 Å². The third-order valence-electron chi connectivity index (χ3n) is 16.9. The van der Waals surface area contributed by atoms with Crippen LogP contribution in [0.2, 0.25) is 0 Å². The molecule has 0 radical (unpaired) electrons. The maximum absolute atomic E-state index is 13.2. The first-order valence-corrected chi connectivity index (χ1v) is 20.0. The van der Waals surface area contributed by atoms with Crippen molar-refractivity contribution in [3.63, 3.8) is 0 Å². The smallest absolute Gasteiger partial charge is 0.237 e. The van der Waals surface area contributed by atoms with Gasteiger partial charge in [-0.15, -0.1) is 0 Å². The average molecular weight is 687 g/mol. The zero-order valence-corrected chi connectivity index (χ0v) is 31.5. The van der Waals surface area contributed by atoms with E-state index in [2.05, 4.69) is 39.5 Å². The van der Waals surface area contributed by atoms with Crippen LogP contribution in [0.4, 0.5) is 0 Å². The summed E-state index contributed by atoms with van der Waals surface area (Å²) < 4.78 is 25.4. The van der Waals surface area contributed by atoms with E-state index in [9.17, 15) is 15.0 Å². The number of hydrogen-bond donors (Lipinski definition) is 2. The molecule has 3 aliphatic heterocycles. The van der Waals surface area contributed by atoms with Gasteiger partial charge in [0.1, 0.15) is 6.10 Å². The molecule has 8 aliphatic rings. The second-order valence-electron chi connectivity index (χ2n) is 19.8. The molecule has 5 aliphatic carbocycles. The average Bonchev–Trinajstić information content (AvgIpc) is 3.65. The number of amides is 1. The molecular weight excluding hydrogens is 620 g/mol. The molecule has 3 saturated heterocycles. The number of nitrogens with zero attached hydrogens (tertiary/aromatic N) is 2. The first-order valence-electron chi connectivity index (χ1n) is 20.0. The highest BCUT2D eigenvalue weighted by Crippen LogP contribution is 2.89. The topological polar surface area (TPSA) is 101 Å². The van der Waals surface area contributed by atoms with Gasteiger partial charge in [0, 0.05) is 19.6 Å². The van der Waals surface area contributed by atoms with Crippen LogP contribution in [0.5, 0.6) is 0 Å². The molecule has 9 nitrogen and oxygen atoms in total. The van der Waals surface area contributed by atoms with Crippen molar-refractivity contribution >= 4 is 5.91 Å². The van der Waals surface area contributed by atoms with Crippen molar-refractivity contribution < 1.29 is 34.0 Å². The van der Waals surface area contributed by atoms with Gasteiger partial charge in [0.15, 0.2) is 6.29 Å². The molecule has 9 heteroatoms. The van der Waals surface area contributed by atoms with Crippen molar-refractivity contribution in [2.24, 2.45) is 50.7 Å². The number of carbonyl (C=O) groups excluding carboxylic acids is 1. The Labute approximate surface area is 295 Å². The number of rotatable bonds is 6. The summed E-state index contributed by atoms with van der Waals surface area (Å²) >= 11 is 0. The quantitative estimate of drug-likeness (QED) is 0.409. The Kier molecular flexibility index (Phi) is 8.52. The zero-order valence-electron chi connectivity index (χ0n) is 31.5. The van der Waals surface area contributed by atoms with Crippen LogP contribution in [0.25, 0.3) is 0 Å². The molecule has 278 valence electrons. The molecular formula is C40H66N2O7. The van der Waals surface area contributed by atoms with E-state index in [0.29, 0.717) is 74.0 Å². The Hall–Kier alpha value is -0.810. The molecule has 0 aromatic carbocycles. The number of hydrogen-bond acceptors (Lipinski definition) is 8. The van der Waals surface area contributed by atoms with Crippen molar-refractivity contribution in [2.75, 3.05) is 52.5 Å². The fourth-order valence-electron chi connectivity index (χ4n) is 14.4. The molecule has 2 spiro atoms. The van der Waals surface area contributed by atoms with E-state index < -0.39 is 11.7 Å². The first-order chi connectivity index (χ1) is 23.1. The fraction of sp³-hybridized carbons (Fsp3) is 0.975. The summed E-state index contributed by atoms with van der Waals surface area (Å²) in [5.74, 6) is 2.48. The van der Waals surface area contributed by atoms with Gasteiger partial charge in [-0.25, -0.2) is 0 Å². The predicted molar refractivity (Wildman–Crippen MR) is 185 cm³/mol. The van der Waals surface area contributed by atoms with Gasteiger partial charge in [0.25, 0.3) is 0 Å². The Bertz CT molecular complexity index is 1280. The lowest BCUT2D eigenvalue weighted by atomic mass is 9.41. The van der Waals surface area contributed by atoms with Crippen molar-refractivity contribution in [3.8, 4) is 0 Å². The van der Waals surface area contributed by atoms with Crippen LogP contribution in [-0.2, 0) is 23.7 Å². The molecule has 13 atom stereocenters. The lowest BCUT2D eigenvalue weighted by Crippen LogP contribution is -2.59. The van der Waals surface area contributed by atoms with E-state index in [4.69, 9.17) is 18.9 Å². The largest absolute Gasteiger partial charge is 0.388 e. The maximum Gasteiger partial charge on any atom is 0.237 e. The van der Waals surface area contributed by atoms with Crippen LogP contribution < -0.4 is 0 Å². The second-order valence-corrected chi connectivity index (χ2v) is 19.8. The Morgan fingerprint density at radius 2 is 1.67 bits per heavy atom. The number of morpholine rings is 2. The SMILES string of the molecule is C[C@@H]1CC([C@H](O)C(C)(C)O)OC2C[C@@]3(C)[C@@H]4CCC5C(C)(C)[C@@H](OC6CN(C(=O)CN7CCOCC7)CCO6)CC[C@@]56C[C@@]46CC[C@]3(C)C21. The Morgan fingerprint density at radius 3 is 2.41 bits per heavy atom. The molecule has 8 fully saturated rings. The van der Waals surface area contributed by atoms with Crippen molar-refractivity contribution in [3.05, 3.63) is 0 Å². The standard InChI is InChI=1S/C40H66N2O7/c1-25-20-26(34(44)36(4,5)45)48-27-21-38(7)29-9-8-28-35(2,3)30(10-11-39(28)24-40(29,39)13-12-37(38,6)33(25)27)49-32-23-42(16-19-47-32)31(43)22-41-14-17-46-18-15-41/h25-30,32-34,44-45H,8-24H2,1-7H3/t25-,26?,27?,28?,29+,30+,32?,33?,34+,37-,38+,39-,40+/m1/s1. The van der Waals surface area contributed by atoms with Gasteiger partial charge in [-0.1, -0.05) is 34.6 Å². The van der Waals surface area contributed by atoms with Crippen LogP contribution in [0.3, 0.4) is 0 Å². The van der Waals surface area contributed by atoms with E-state index in [1.54, 1.807) is 13.8 Å².